The smallest absolute Gasteiger partial charge is 0.374 e. The quantitative estimate of drug-likeness (QED) is 0.205. The van der Waals surface area contributed by atoms with Crippen molar-refractivity contribution in [2.24, 2.45) is 5.16 Å². The van der Waals surface area contributed by atoms with Crippen LogP contribution in [-0.2, 0) is 23.4 Å². The van der Waals surface area contributed by atoms with Crippen molar-refractivity contribution in [2.45, 2.75) is 50.7 Å². The standard InChI is InChI=1S/C26H21Cl2F6N5O2/c1-3-6-39-21(11-19(29)22(30)31)35-24(37-39)36-23(40)18-5-4-14(7-13(18)2)20-12-25(41-38-20,26(32,33)34)15-8-16(27)10-17(28)9-15/h3-5,7-10,19,22H,1,6,11-12H2,2H3,(H,36,37,40). The molecule has 2 unspecified atom stereocenters. The lowest BCUT2D eigenvalue weighted by Gasteiger charge is -2.29. The van der Waals surface area contributed by atoms with E-state index in [0.717, 1.165) is 16.8 Å². The van der Waals surface area contributed by atoms with Gasteiger partial charge in [-0.15, -0.1) is 11.7 Å². The second-order valence-electron chi connectivity index (χ2n) is 9.15. The van der Waals surface area contributed by atoms with Crippen LogP contribution in [0, 0.1) is 6.92 Å². The summed E-state index contributed by atoms with van der Waals surface area (Å²) in [6.45, 7) is 5.10. The van der Waals surface area contributed by atoms with Gasteiger partial charge in [-0.1, -0.05) is 40.5 Å². The lowest BCUT2D eigenvalue weighted by molar-refractivity contribution is -0.275. The molecule has 218 valence electrons. The van der Waals surface area contributed by atoms with Gasteiger partial charge in [0.1, 0.15) is 5.82 Å². The minimum Gasteiger partial charge on any atom is -0.374 e. The number of aromatic nitrogens is 3. The van der Waals surface area contributed by atoms with Gasteiger partial charge < -0.3 is 4.84 Å². The highest BCUT2D eigenvalue weighted by molar-refractivity contribution is 6.34. The van der Waals surface area contributed by atoms with Crippen molar-refractivity contribution in [2.75, 3.05) is 5.32 Å². The van der Waals surface area contributed by atoms with Crippen LogP contribution in [0.25, 0.3) is 0 Å². The fraction of sp³-hybridized carbons (Fsp3) is 0.308. The Morgan fingerprint density at radius 2 is 1.88 bits per heavy atom. The Hall–Kier alpha value is -3.58. The van der Waals surface area contributed by atoms with Crippen molar-refractivity contribution in [1.29, 1.82) is 0 Å². The fourth-order valence-electron chi connectivity index (χ4n) is 4.22. The molecule has 3 aromatic rings. The maximum absolute atomic E-state index is 14.3. The van der Waals surface area contributed by atoms with Gasteiger partial charge >= 0.3 is 6.18 Å². The number of aryl methyl sites for hydroxylation is 1. The number of carbonyl (C=O) groups is 1. The molecule has 1 aromatic heterocycles. The Morgan fingerprint density at radius 3 is 2.46 bits per heavy atom. The van der Waals surface area contributed by atoms with Gasteiger partial charge in [-0.05, 0) is 48.4 Å². The number of nitrogens with zero attached hydrogens (tertiary/aromatic N) is 4. The van der Waals surface area contributed by atoms with Gasteiger partial charge in [-0.2, -0.15) is 18.2 Å². The normalized spacial score (nSPS) is 17.8. The number of carbonyl (C=O) groups excluding carboxylic acids is 1. The summed E-state index contributed by atoms with van der Waals surface area (Å²) in [5, 5.41) is 10.1. The summed E-state index contributed by atoms with van der Waals surface area (Å²) < 4.78 is 82.9. The largest absolute Gasteiger partial charge is 0.435 e. The molecule has 1 aliphatic heterocycles. The number of halogens is 8. The minimum atomic E-state index is -4.88. The molecule has 1 N–H and O–H groups in total. The number of nitrogens with one attached hydrogen (secondary N) is 1. The third kappa shape index (κ3) is 6.35. The molecule has 1 aliphatic rings. The summed E-state index contributed by atoms with van der Waals surface area (Å²) in [6, 6.07) is 7.72. The SMILES string of the molecule is C=CCn1nc(NC(=O)c2ccc(C3=NOC(c4cc(Cl)cc(Cl)c4)(C(F)(F)F)C3)cc2C)nc1CC(F)C(F)F. The molecule has 1 amide bonds. The number of oxime groups is 1. The molecule has 2 heterocycles. The van der Waals surface area contributed by atoms with Crippen LogP contribution < -0.4 is 5.32 Å². The number of hydrogen-bond donors (Lipinski definition) is 1. The first kappa shape index (κ1) is 30.4. The van der Waals surface area contributed by atoms with E-state index in [1.807, 2.05) is 0 Å². The van der Waals surface area contributed by atoms with Gasteiger partial charge in [0.25, 0.3) is 17.9 Å². The molecule has 2 atom stereocenters. The molecule has 41 heavy (non-hydrogen) atoms. The molecule has 2 aromatic carbocycles. The Morgan fingerprint density at radius 1 is 1.20 bits per heavy atom. The van der Waals surface area contributed by atoms with E-state index >= 15 is 0 Å². The van der Waals surface area contributed by atoms with E-state index in [2.05, 4.69) is 27.1 Å². The van der Waals surface area contributed by atoms with Crippen LogP contribution in [0.5, 0.6) is 0 Å². The summed E-state index contributed by atoms with van der Waals surface area (Å²) in [5.41, 5.74) is -2.40. The zero-order valence-electron chi connectivity index (χ0n) is 21.2. The van der Waals surface area contributed by atoms with Crippen LogP contribution >= 0.6 is 23.2 Å². The van der Waals surface area contributed by atoms with E-state index in [-0.39, 0.29) is 50.8 Å². The summed E-state index contributed by atoms with van der Waals surface area (Å²) in [7, 11) is 0. The first-order chi connectivity index (χ1) is 19.2. The molecule has 0 aliphatic carbocycles. The van der Waals surface area contributed by atoms with E-state index < -0.39 is 43.1 Å². The van der Waals surface area contributed by atoms with Crippen molar-refractivity contribution in [1.82, 2.24) is 14.8 Å². The third-order valence-electron chi connectivity index (χ3n) is 6.25. The first-order valence-corrected chi connectivity index (χ1v) is 12.7. The summed E-state index contributed by atoms with van der Waals surface area (Å²) >= 11 is 11.9. The number of anilines is 1. The van der Waals surface area contributed by atoms with Crippen LogP contribution in [0.3, 0.4) is 0 Å². The second-order valence-corrected chi connectivity index (χ2v) is 10.0. The van der Waals surface area contributed by atoms with Crippen molar-refractivity contribution in [3.05, 3.63) is 87.2 Å². The van der Waals surface area contributed by atoms with Crippen LogP contribution in [-0.4, -0.2) is 45.2 Å². The van der Waals surface area contributed by atoms with Gasteiger partial charge in [0, 0.05) is 34.0 Å². The monoisotopic (exact) mass is 619 g/mol. The van der Waals surface area contributed by atoms with Crippen molar-refractivity contribution in [3.63, 3.8) is 0 Å². The molecule has 0 fully saturated rings. The average molecular weight is 620 g/mol. The number of amides is 1. The molecule has 0 bridgehead atoms. The molecular formula is C26H21Cl2F6N5O2. The predicted octanol–water partition coefficient (Wildman–Crippen LogP) is 7.06. The number of benzene rings is 2. The zero-order valence-corrected chi connectivity index (χ0v) is 22.7. The lowest BCUT2D eigenvalue weighted by atomic mass is 9.86. The average Bonchev–Trinajstić information content (AvgIpc) is 3.49. The minimum absolute atomic E-state index is 0.00569. The Bertz CT molecular complexity index is 1490. The van der Waals surface area contributed by atoms with Crippen LogP contribution in [0.4, 0.5) is 32.3 Å². The van der Waals surface area contributed by atoms with Crippen LogP contribution in [0.1, 0.15) is 39.3 Å². The third-order valence-corrected chi connectivity index (χ3v) is 6.68. The highest BCUT2D eigenvalue weighted by Crippen LogP contribution is 2.49. The van der Waals surface area contributed by atoms with E-state index in [0.29, 0.717) is 5.56 Å². The highest BCUT2D eigenvalue weighted by atomic mass is 35.5. The molecule has 0 saturated heterocycles. The first-order valence-electron chi connectivity index (χ1n) is 11.9. The number of hydrogen-bond acceptors (Lipinski definition) is 5. The van der Waals surface area contributed by atoms with Crippen LogP contribution in [0.15, 0.2) is 54.2 Å². The highest BCUT2D eigenvalue weighted by Gasteiger charge is 2.62. The van der Waals surface area contributed by atoms with E-state index in [1.54, 1.807) is 6.92 Å². The number of allylic oxidation sites excluding steroid dienone is 1. The van der Waals surface area contributed by atoms with Gasteiger partial charge in [0.2, 0.25) is 5.95 Å². The molecule has 0 radical (unpaired) electrons. The van der Waals surface area contributed by atoms with Crippen molar-refractivity contribution >= 4 is 40.8 Å². The fourth-order valence-corrected chi connectivity index (χ4v) is 4.75. The van der Waals surface area contributed by atoms with Crippen molar-refractivity contribution in [3.8, 4) is 0 Å². The van der Waals surface area contributed by atoms with Crippen LogP contribution in [0.2, 0.25) is 10.0 Å². The maximum atomic E-state index is 14.3. The Kier molecular flexibility index (Phi) is 8.69. The number of rotatable bonds is 9. The Balaban J connectivity index is 1.55. The van der Waals surface area contributed by atoms with Gasteiger partial charge in [-0.3, -0.25) is 10.1 Å². The van der Waals surface area contributed by atoms with Gasteiger partial charge in [0.15, 0.2) is 6.17 Å². The maximum Gasteiger partial charge on any atom is 0.435 e. The number of alkyl halides is 6. The predicted molar refractivity (Wildman–Crippen MR) is 140 cm³/mol. The molecular weight excluding hydrogens is 599 g/mol. The molecule has 4 rings (SSSR count). The second kappa shape index (κ2) is 11.7. The summed E-state index contributed by atoms with van der Waals surface area (Å²) in [4.78, 5) is 21.9. The van der Waals surface area contributed by atoms with Gasteiger partial charge in [-0.25, -0.2) is 17.9 Å². The van der Waals surface area contributed by atoms with Crippen molar-refractivity contribution < 1.29 is 36.0 Å². The topological polar surface area (TPSA) is 81.4 Å². The molecule has 0 saturated carbocycles. The molecule has 0 spiro atoms. The summed E-state index contributed by atoms with van der Waals surface area (Å²) in [5.74, 6) is -1.06. The van der Waals surface area contributed by atoms with Gasteiger partial charge in [0.05, 0.1) is 12.3 Å². The van der Waals surface area contributed by atoms with E-state index in [9.17, 15) is 31.1 Å². The Labute approximate surface area is 239 Å². The lowest BCUT2D eigenvalue weighted by Crippen LogP contribution is -2.42. The van der Waals surface area contributed by atoms with E-state index in [4.69, 9.17) is 28.0 Å². The molecule has 7 nitrogen and oxygen atoms in total. The summed E-state index contributed by atoms with van der Waals surface area (Å²) in [6.07, 6.45) is -10.6. The van der Waals surface area contributed by atoms with E-state index in [1.165, 1.54) is 30.3 Å². The zero-order chi connectivity index (χ0) is 30.1. The molecule has 15 heteroatoms.